The number of fused-ring (bicyclic) bond motifs is 1. The smallest absolute Gasteiger partial charge is 0.326 e. The maximum Gasteiger partial charge on any atom is 0.326 e. The summed E-state index contributed by atoms with van der Waals surface area (Å²) in [5, 5.41) is 17.8. The van der Waals surface area contributed by atoms with E-state index in [0.29, 0.717) is 4.90 Å². The Balaban J connectivity index is 0.00000242. The molecule has 8 nitrogen and oxygen atoms in total. The molecule has 1 aliphatic heterocycles. The molecule has 2 amide bonds. The van der Waals surface area contributed by atoms with Crippen molar-refractivity contribution in [2.45, 2.75) is 18.9 Å². The summed E-state index contributed by atoms with van der Waals surface area (Å²) in [6.07, 6.45) is -0.837. The summed E-state index contributed by atoms with van der Waals surface area (Å²) in [5.41, 5.74) is 5.71. The molecule has 0 aromatic heterocycles. The first-order chi connectivity index (χ1) is 9.84. The van der Waals surface area contributed by atoms with Crippen molar-refractivity contribution in [2.24, 2.45) is 0 Å². The number of rotatable bonds is 5. The number of hydrogen-bond acceptors (Lipinski definition) is 5. The number of nitrogen functional groups attached to an aromatic ring is 1. The number of aliphatic carboxylic acids is 2. The second-order valence-electron chi connectivity index (χ2n) is 4.54. The molecule has 0 aliphatic carbocycles. The summed E-state index contributed by atoms with van der Waals surface area (Å²) in [6.45, 7) is 0. The Kier molecular flexibility index (Phi) is 5.10. The Labute approximate surface area is 130 Å². The molecule has 2 rings (SSSR count). The number of anilines is 1. The molecule has 0 spiro atoms. The van der Waals surface area contributed by atoms with Crippen LogP contribution in [0.1, 0.15) is 33.6 Å². The average molecular weight is 329 g/mol. The first kappa shape index (κ1) is 17.4. The van der Waals surface area contributed by atoms with Crippen LogP contribution in [0.3, 0.4) is 0 Å². The molecule has 0 fully saturated rings. The van der Waals surface area contributed by atoms with Gasteiger partial charge in [0.1, 0.15) is 6.04 Å². The van der Waals surface area contributed by atoms with Crippen LogP contribution in [0.4, 0.5) is 5.69 Å². The van der Waals surface area contributed by atoms with Crippen LogP contribution in [0, 0.1) is 0 Å². The molecule has 0 saturated heterocycles. The average Bonchev–Trinajstić information content (AvgIpc) is 2.64. The predicted octanol–water partition coefficient (Wildman–Crippen LogP) is 0.605. The normalized spacial score (nSPS) is 14.3. The summed E-state index contributed by atoms with van der Waals surface area (Å²) in [6, 6.07) is 2.76. The van der Waals surface area contributed by atoms with Gasteiger partial charge in [-0.25, -0.2) is 4.79 Å². The van der Waals surface area contributed by atoms with Crippen molar-refractivity contribution in [1.29, 1.82) is 0 Å². The maximum absolute atomic E-state index is 12.2. The van der Waals surface area contributed by atoms with E-state index in [1.807, 2.05) is 0 Å². The number of nitrogens with zero attached hydrogens (tertiary/aromatic N) is 1. The van der Waals surface area contributed by atoms with Crippen LogP contribution in [0.25, 0.3) is 0 Å². The van der Waals surface area contributed by atoms with Gasteiger partial charge in [-0.15, -0.1) is 12.4 Å². The third kappa shape index (κ3) is 2.86. The van der Waals surface area contributed by atoms with Crippen molar-refractivity contribution < 1.29 is 29.4 Å². The topological polar surface area (TPSA) is 138 Å². The number of carboxylic acids is 2. The van der Waals surface area contributed by atoms with Gasteiger partial charge in [-0.3, -0.25) is 19.3 Å². The minimum Gasteiger partial charge on any atom is -0.481 e. The molecule has 1 atom stereocenters. The maximum atomic E-state index is 12.2. The van der Waals surface area contributed by atoms with E-state index in [-0.39, 0.29) is 35.6 Å². The molecule has 1 heterocycles. The van der Waals surface area contributed by atoms with Crippen molar-refractivity contribution in [2.75, 3.05) is 5.73 Å². The number of halogens is 1. The first-order valence-corrected chi connectivity index (χ1v) is 6.05. The molecule has 1 aliphatic rings. The van der Waals surface area contributed by atoms with E-state index < -0.39 is 36.2 Å². The standard InChI is InChI=1S/C13H12N2O6.ClH/c14-7-3-1-2-6-10(7)12(19)15(11(6)18)8(13(20)21)4-5-9(16)17;/h1-3,8H,4-5,14H2,(H,16,17)(H,20,21);1H/t8-;/m0./s1. The number of imide groups is 1. The van der Waals surface area contributed by atoms with Crippen LogP contribution in [0.15, 0.2) is 18.2 Å². The fraction of sp³-hybridized carbons (Fsp3) is 0.231. The van der Waals surface area contributed by atoms with Crippen LogP contribution in [0.5, 0.6) is 0 Å². The van der Waals surface area contributed by atoms with Gasteiger partial charge < -0.3 is 15.9 Å². The number of carbonyl (C=O) groups excluding carboxylic acids is 2. The van der Waals surface area contributed by atoms with Gasteiger partial charge in [0.2, 0.25) is 0 Å². The third-order valence-electron chi connectivity index (χ3n) is 3.21. The van der Waals surface area contributed by atoms with Gasteiger partial charge in [-0.2, -0.15) is 0 Å². The minimum absolute atomic E-state index is 0. The second kappa shape index (κ2) is 6.44. The van der Waals surface area contributed by atoms with Gasteiger partial charge in [-0.1, -0.05) is 6.07 Å². The van der Waals surface area contributed by atoms with Crippen molar-refractivity contribution in [1.82, 2.24) is 4.90 Å². The molecule has 118 valence electrons. The van der Waals surface area contributed by atoms with Crippen LogP contribution < -0.4 is 5.73 Å². The summed E-state index contributed by atoms with van der Waals surface area (Å²) < 4.78 is 0. The second-order valence-corrected chi connectivity index (χ2v) is 4.54. The molecule has 4 N–H and O–H groups in total. The molecule has 0 unspecified atom stereocenters. The van der Waals surface area contributed by atoms with Crippen LogP contribution in [0.2, 0.25) is 0 Å². The van der Waals surface area contributed by atoms with E-state index in [4.69, 9.17) is 15.9 Å². The molecule has 1 aromatic carbocycles. The zero-order chi connectivity index (χ0) is 15.7. The fourth-order valence-electron chi connectivity index (χ4n) is 2.24. The SMILES string of the molecule is Cl.Nc1cccc2c1C(=O)N([C@@H](CCC(=O)O)C(=O)O)C2=O. The van der Waals surface area contributed by atoms with Gasteiger partial charge in [-0.05, 0) is 18.6 Å². The van der Waals surface area contributed by atoms with E-state index >= 15 is 0 Å². The Morgan fingerprint density at radius 2 is 1.82 bits per heavy atom. The summed E-state index contributed by atoms with van der Waals surface area (Å²) in [4.78, 5) is 46.8. The summed E-state index contributed by atoms with van der Waals surface area (Å²) in [7, 11) is 0. The Morgan fingerprint density at radius 1 is 1.18 bits per heavy atom. The monoisotopic (exact) mass is 328 g/mol. The summed E-state index contributed by atoms with van der Waals surface area (Å²) >= 11 is 0. The van der Waals surface area contributed by atoms with Gasteiger partial charge >= 0.3 is 11.9 Å². The molecular weight excluding hydrogens is 316 g/mol. The van der Waals surface area contributed by atoms with Crippen molar-refractivity contribution >= 4 is 41.8 Å². The quantitative estimate of drug-likeness (QED) is 0.531. The predicted molar refractivity (Wildman–Crippen MR) is 76.9 cm³/mol. The third-order valence-corrected chi connectivity index (χ3v) is 3.21. The number of nitrogens with two attached hydrogens (primary N) is 1. The highest BCUT2D eigenvalue weighted by atomic mass is 35.5. The molecule has 0 bridgehead atoms. The Morgan fingerprint density at radius 3 is 2.32 bits per heavy atom. The van der Waals surface area contributed by atoms with Crippen LogP contribution in [-0.2, 0) is 9.59 Å². The van der Waals surface area contributed by atoms with Gasteiger partial charge in [0.25, 0.3) is 11.8 Å². The van der Waals surface area contributed by atoms with Crippen molar-refractivity contribution in [3.8, 4) is 0 Å². The summed E-state index contributed by atoms with van der Waals surface area (Å²) in [5.74, 6) is -4.24. The zero-order valence-electron chi connectivity index (χ0n) is 11.2. The number of benzene rings is 1. The zero-order valence-corrected chi connectivity index (χ0v) is 12.0. The molecule has 22 heavy (non-hydrogen) atoms. The number of hydrogen-bond donors (Lipinski definition) is 3. The lowest BCUT2D eigenvalue weighted by Gasteiger charge is -2.21. The molecule has 0 saturated carbocycles. The van der Waals surface area contributed by atoms with Gasteiger partial charge in [0.15, 0.2) is 0 Å². The Bertz CT molecular complexity index is 660. The lowest BCUT2D eigenvalue weighted by atomic mass is 10.1. The molecule has 1 aromatic rings. The highest BCUT2D eigenvalue weighted by Gasteiger charge is 2.43. The van der Waals surface area contributed by atoms with E-state index in [1.54, 1.807) is 0 Å². The van der Waals surface area contributed by atoms with Crippen LogP contribution in [-0.4, -0.2) is 44.9 Å². The van der Waals surface area contributed by atoms with Crippen molar-refractivity contribution in [3.63, 3.8) is 0 Å². The molecular formula is C13H13ClN2O6. The minimum atomic E-state index is -1.53. The van der Waals surface area contributed by atoms with E-state index in [0.717, 1.165) is 0 Å². The van der Waals surface area contributed by atoms with Gasteiger partial charge in [0.05, 0.1) is 11.1 Å². The number of carboxylic acid groups (broad SMARTS) is 2. The van der Waals surface area contributed by atoms with Crippen molar-refractivity contribution in [3.05, 3.63) is 29.3 Å². The first-order valence-electron chi connectivity index (χ1n) is 6.05. The van der Waals surface area contributed by atoms with Crippen LogP contribution >= 0.6 is 12.4 Å². The van der Waals surface area contributed by atoms with E-state index in [9.17, 15) is 19.2 Å². The highest BCUT2D eigenvalue weighted by Crippen LogP contribution is 2.30. The van der Waals surface area contributed by atoms with Gasteiger partial charge in [0, 0.05) is 12.1 Å². The fourth-order valence-corrected chi connectivity index (χ4v) is 2.24. The highest BCUT2D eigenvalue weighted by molar-refractivity contribution is 6.24. The lowest BCUT2D eigenvalue weighted by molar-refractivity contribution is -0.142. The Hall–Kier alpha value is -2.61. The number of carbonyl (C=O) groups is 4. The van der Waals surface area contributed by atoms with E-state index in [2.05, 4.69) is 0 Å². The molecule has 0 radical (unpaired) electrons. The number of amides is 2. The largest absolute Gasteiger partial charge is 0.481 e. The molecule has 9 heteroatoms. The lowest BCUT2D eigenvalue weighted by Crippen LogP contribution is -2.45. The van der Waals surface area contributed by atoms with E-state index in [1.165, 1.54) is 18.2 Å².